The van der Waals surface area contributed by atoms with Gasteiger partial charge in [-0.2, -0.15) is 0 Å². The maximum Gasteiger partial charge on any atom is 0.258 e. The number of carbonyl (C=O) groups excluding carboxylic acids is 1. The Hall–Kier alpha value is -3.67. The summed E-state index contributed by atoms with van der Waals surface area (Å²) in [7, 11) is 0. The van der Waals surface area contributed by atoms with Crippen molar-refractivity contribution in [1.29, 1.82) is 0 Å². The number of nitrogens with one attached hydrogen (secondary N) is 2. The number of hydrogen-bond acceptors (Lipinski definition) is 4. The highest BCUT2D eigenvalue weighted by molar-refractivity contribution is 6.07. The number of benzene rings is 3. The minimum Gasteiger partial charge on any atom is -0.484 e. The van der Waals surface area contributed by atoms with Gasteiger partial charge >= 0.3 is 0 Å². The fourth-order valence-corrected chi connectivity index (χ4v) is 3.37. The summed E-state index contributed by atoms with van der Waals surface area (Å²) in [5, 5.41) is 5.16. The number of aromatic nitrogens is 1. The van der Waals surface area contributed by atoms with Crippen LogP contribution in [0.4, 0.5) is 0 Å². The number of hydrogen-bond donors (Lipinski definition) is 2. The first-order valence-electron chi connectivity index (χ1n) is 9.05. The van der Waals surface area contributed by atoms with E-state index in [-0.39, 0.29) is 19.3 Å². The largest absolute Gasteiger partial charge is 0.484 e. The number of H-pyrrole nitrogens is 1. The third kappa shape index (κ3) is 3.09. The summed E-state index contributed by atoms with van der Waals surface area (Å²) in [6.45, 7) is 0.593. The van der Waals surface area contributed by atoms with E-state index in [0.717, 1.165) is 27.7 Å². The molecule has 0 fully saturated rings. The Balaban J connectivity index is 1.21. The second-order valence-corrected chi connectivity index (χ2v) is 6.63. The Labute approximate surface area is 161 Å². The van der Waals surface area contributed by atoms with E-state index in [1.54, 1.807) is 0 Å². The lowest BCUT2D eigenvalue weighted by Crippen LogP contribution is -2.28. The fraction of sp³-hybridized carbons (Fsp3) is 0.136. The number of para-hydroxylation sites is 1. The zero-order valence-electron chi connectivity index (χ0n) is 15.0. The van der Waals surface area contributed by atoms with Gasteiger partial charge in [0.05, 0.1) is 5.52 Å². The molecule has 0 aliphatic carbocycles. The van der Waals surface area contributed by atoms with Crippen LogP contribution in [0, 0.1) is 0 Å². The molecule has 2 N–H and O–H groups in total. The topological polar surface area (TPSA) is 72.6 Å². The van der Waals surface area contributed by atoms with E-state index in [9.17, 15) is 4.79 Å². The van der Waals surface area contributed by atoms with Crippen molar-refractivity contribution in [2.45, 2.75) is 6.54 Å². The minimum absolute atomic E-state index is 0.0454. The van der Waals surface area contributed by atoms with Crippen molar-refractivity contribution in [3.8, 4) is 17.2 Å². The first-order chi connectivity index (χ1) is 13.8. The molecule has 0 spiro atoms. The van der Waals surface area contributed by atoms with Crippen LogP contribution >= 0.6 is 0 Å². The molecule has 0 saturated carbocycles. The summed E-state index contributed by atoms with van der Waals surface area (Å²) in [6.07, 6.45) is 0. The standard InChI is InChI=1S/C22H18N2O4/c25-22(23-11-14-5-8-20-21(9-14)28-13-27-20)12-26-15-6-7-17-16-3-1-2-4-18(16)24-19(17)10-15/h1-10,24H,11-13H2,(H,23,25). The van der Waals surface area contributed by atoms with Crippen molar-refractivity contribution in [1.82, 2.24) is 10.3 Å². The lowest BCUT2D eigenvalue weighted by molar-refractivity contribution is -0.123. The zero-order chi connectivity index (χ0) is 18.9. The predicted octanol–water partition coefficient (Wildman–Crippen LogP) is 3.75. The summed E-state index contributed by atoms with van der Waals surface area (Å²) in [5.41, 5.74) is 3.01. The van der Waals surface area contributed by atoms with E-state index < -0.39 is 0 Å². The molecule has 0 bridgehead atoms. The van der Waals surface area contributed by atoms with Crippen LogP contribution in [0.3, 0.4) is 0 Å². The van der Waals surface area contributed by atoms with Gasteiger partial charge in [-0.3, -0.25) is 4.79 Å². The monoisotopic (exact) mass is 374 g/mol. The van der Waals surface area contributed by atoms with Gasteiger partial charge in [0.1, 0.15) is 5.75 Å². The number of aromatic amines is 1. The summed E-state index contributed by atoms with van der Waals surface area (Å²) >= 11 is 0. The highest BCUT2D eigenvalue weighted by atomic mass is 16.7. The number of ether oxygens (including phenoxy) is 3. The molecule has 140 valence electrons. The molecule has 3 aromatic carbocycles. The molecule has 1 aromatic heterocycles. The van der Waals surface area contributed by atoms with Crippen LogP contribution in [0.5, 0.6) is 17.2 Å². The SMILES string of the molecule is O=C(COc1ccc2c(c1)[nH]c1ccccc12)NCc1ccc2c(c1)OCO2. The van der Waals surface area contributed by atoms with Gasteiger partial charge in [-0.05, 0) is 35.9 Å². The fourth-order valence-electron chi connectivity index (χ4n) is 3.37. The third-order valence-corrected chi connectivity index (χ3v) is 4.77. The van der Waals surface area contributed by atoms with Crippen molar-refractivity contribution in [3.63, 3.8) is 0 Å². The van der Waals surface area contributed by atoms with Crippen molar-refractivity contribution in [2.24, 2.45) is 0 Å². The van der Waals surface area contributed by atoms with Gasteiger partial charge in [0.15, 0.2) is 18.1 Å². The smallest absolute Gasteiger partial charge is 0.258 e. The summed E-state index contributed by atoms with van der Waals surface area (Å²) in [6, 6.07) is 19.6. The Morgan fingerprint density at radius 1 is 0.964 bits per heavy atom. The van der Waals surface area contributed by atoms with Gasteiger partial charge in [-0.15, -0.1) is 0 Å². The van der Waals surface area contributed by atoms with E-state index in [2.05, 4.69) is 16.4 Å². The maximum atomic E-state index is 12.1. The van der Waals surface area contributed by atoms with Crippen LogP contribution in [-0.2, 0) is 11.3 Å². The Bertz CT molecular complexity index is 1180. The molecule has 0 radical (unpaired) electrons. The molecule has 28 heavy (non-hydrogen) atoms. The number of rotatable bonds is 5. The minimum atomic E-state index is -0.186. The van der Waals surface area contributed by atoms with Gasteiger partial charge in [0.2, 0.25) is 6.79 Å². The molecule has 1 amide bonds. The number of amides is 1. The van der Waals surface area contributed by atoms with E-state index in [1.165, 1.54) is 5.39 Å². The van der Waals surface area contributed by atoms with Gasteiger partial charge in [-0.25, -0.2) is 0 Å². The highest BCUT2D eigenvalue weighted by Gasteiger charge is 2.13. The summed E-state index contributed by atoms with van der Waals surface area (Å²) in [5.74, 6) is 1.90. The van der Waals surface area contributed by atoms with Crippen LogP contribution in [0.1, 0.15) is 5.56 Å². The first kappa shape index (κ1) is 16.5. The Kier molecular flexibility index (Phi) is 4.01. The summed E-state index contributed by atoms with van der Waals surface area (Å²) in [4.78, 5) is 15.5. The molecule has 6 nitrogen and oxygen atoms in total. The lowest BCUT2D eigenvalue weighted by Gasteiger charge is -2.08. The molecule has 0 atom stereocenters. The molecule has 1 aliphatic heterocycles. The third-order valence-electron chi connectivity index (χ3n) is 4.77. The van der Waals surface area contributed by atoms with Crippen LogP contribution in [0.2, 0.25) is 0 Å². The quantitative estimate of drug-likeness (QED) is 0.558. The van der Waals surface area contributed by atoms with E-state index >= 15 is 0 Å². The van der Waals surface area contributed by atoms with Gasteiger partial charge in [0, 0.05) is 28.9 Å². The molecule has 2 heterocycles. The number of carbonyl (C=O) groups is 1. The molecule has 4 aromatic rings. The molecular weight excluding hydrogens is 356 g/mol. The zero-order valence-corrected chi connectivity index (χ0v) is 15.0. The molecule has 6 heteroatoms. The molecular formula is C22H18N2O4. The van der Waals surface area contributed by atoms with Crippen LogP contribution < -0.4 is 19.5 Å². The van der Waals surface area contributed by atoms with Gasteiger partial charge in [0.25, 0.3) is 5.91 Å². The lowest BCUT2D eigenvalue weighted by atomic mass is 10.1. The van der Waals surface area contributed by atoms with E-state index in [0.29, 0.717) is 18.0 Å². The van der Waals surface area contributed by atoms with Gasteiger partial charge in [-0.1, -0.05) is 24.3 Å². The van der Waals surface area contributed by atoms with Crippen molar-refractivity contribution >= 4 is 27.7 Å². The Morgan fingerprint density at radius 3 is 2.79 bits per heavy atom. The Morgan fingerprint density at radius 2 is 1.82 bits per heavy atom. The van der Waals surface area contributed by atoms with Crippen molar-refractivity contribution < 1.29 is 19.0 Å². The van der Waals surface area contributed by atoms with E-state index in [4.69, 9.17) is 14.2 Å². The predicted molar refractivity (Wildman–Crippen MR) is 106 cm³/mol. The molecule has 1 aliphatic rings. The van der Waals surface area contributed by atoms with Crippen molar-refractivity contribution in [2.75, 3.05) is 13.4 Å². The van der Waals surface area contributed by atoms with Crippen LogP contribution in [0.15, 0.2) is 60.7 Å². The molecule has 0 unspecified atom stereocenters. The van der Waals surface area contributed by atoms with Crippen LogP contribution in [0.25, 0.3) is 21.8 Å². The first-order valence-corrected chi connectivity index (χ1v) is 9.05. The van der Waals surface area contributed by atoms with Crippen LogP contribution in [-0.4, -0.2) is 24.3 Å². The van der Waals surface area contributed by atoms with Gasteiger partial charge < -0.3 is 24.5 Å². The average Bonchev–Trinajstić information content (AvgIpc) is 3.34. The highest BCUT2D eigenvalue weighted by Crippen LogP contribution is 2.32. The van der Waals surface area contributed by atoms with E-state index in [1.807, 2.05) is 54.6 Å². The average molecular weight is 374 g/mol. The summed E-state index contributed by atoms with van der Waals surface area (Å²) < 4.78 is 16.3. The molecule has 0 saturated heterocycles. The maximum absolute atomic E-state index is 12.1. The normalized spacial score (nSPS) is 12.4. The second kappa shape index (κ2) is 6.81. The number of fused-ring (bicyclic) bond motifs is 4. The van der Waals surface area contributed by atoms with Crippen molar-refractivity contribution in [3.05, 3.63) is 66.2 Å². The molecule has 5 rings (SSSR count). The second-order valence-electron chi connectivity index (χ2n) is 6.63.